The van der Waals surface area contributed by atoms with Gasteiger partial charge in [-0.2, -0.15) is 0 Å². The summed E-state index contributed by atoms with van der Waals surface area (Å²) >= 11 is 0. The average Bonchev–Trinajstić information content (AvgIpc) is 3.12. The maximum Gasteiger partial charge on any atom is 0.255 e. The van der Waals surface area contributed by atoms with E-state index in [-0.39, 0.29) is 11.5 Å². The number of hydrogen-bond donors (Lipinski definition) is 0. The highest BCUT2D eigenvalue weighted by molar-refractivity contribution is 5.94. The molecule has 1 amide bonds. The van der Waals surface area contributed by atoms with Crippen LogP contribution in [0.25, 0.3) is 0 Å². The number of ether oxygens (including phenoxy) is 1. The van der Waals surface area contributed by atoms with Crippen LogP contribution in [-0.2, 0) is 11.3 Å². The molecule has 2 aromatic heterocycles. The van der Waals surface area contributed by atoms with Crippen LogP contribution in [0, 0.1) is 6.92 Å². The van der Waals surface area contributed by atoms with Crippen LogP contribution in [0.15, 0.2) is 42.7 Å². The summed E-state index contributed by atoms with van der Waals surface area (Å²) in [5, 5.41) is 0. The first kappa shape index (κ1) is 19.0. The third kappa shape index (κ3) is 4.08. The smallest absolute Gasteiger partial charge is 0.255 e. The lowest BCUT2D eigenvalue weighted by Gasteiger charge is -2.40. The molecule has 4 rings (SSSR count). The third-order valence-electron chi connectivity index (χ3n) is 5.94. The van der Waals surface area contributed by atoms with E-state index in [0.29, 0.717) is 24.8 Å². The molecule has 2 unspecified atom stereocenters. The highest BCUT2D eigenvalue weighted by Gasteiger charge is 2.45. The van der Waals surface area contributed by atoms with Crippen molar-refractivity contribution in [2.24, 2.45) is 0 Å². The van der Waals surface area contributed by atoms with Crippen molar-refractivity contribution in [3.8, 4) is 0 Å². The molecule has 0 radical (unpaired) electrons. The first-order chi connectivity index (χ1) is 13.5. The summed E-state index contributed by atoms with van der Waals surface area (Å²) in [4.78, 5) is 25.9. The molecular weight excluding hydrogens is 352 g/mol. The second-order valence-electron chi connectivity index (χ2n) is 8.11. The molecule has 2 saturated heterocycles. The fourth-order valence-corrected chi connectivity index (χ4v) is 4.31. The summed E-state index contributed by atoms with van der Waals surface area (Å²) in [6.07, 6.45) is 6.45. The summed E-state index contributed by atoms with van der Waals surface area (Å²) in [5.74, 6) is 0.0560. The molecule has 0 aromatic carbocycles. The van der Waals surface area contributed by atoms with Gasteiger partial charge in [-0.15, -0.1) is 0 Å². The Hall–Kier alpha value is -2.31. The molecule has 1 spiro atoms. The Balaban J connectivity index is 1.40. The van der Waals surface area contributed by atoms with E-state index >= 15 is 0 Å². The predicted octanol–water partition coefficient (Wildman–Crippen LogP) is 2.68. The Morgan fingerprint density at radius 2 is 2.21 bits per heavy atom. The number of carbonyl (C=O) groups excluding carboxylic acids is 1. The molecule has 2 aliphatic rings. The second kappa shape index (κ2) is 7.97. The molecule has 2 atom stereocenters. The van der Waals surface area contributed by atoms with Gasteiger partial charge >= 0.3 is 0 Å². The number of piperidine rings is 1. The minimum absolute atomic E-state index is 0.0560. The summed E-state index contributed by atoms with van der Waals surface area (Å²) in [5.41, 5.74) is 2.42. The van der Waals surface area contributed by atoms with E-state index in [1.54, 1.807) is 6.20 Å². The number of carbonyl (C=O) groups is 1. The second-order valence-corrected chi connectivity index (χ2v) is 8.11. The van der Waals surface area contributed by atoms with Crippen LogP contribution < -0.4 is 0 Å². The molecule has 0 saturated carbocycles. The molecule has 2 fully saturated rings. The van der Waals surface area contributed by atoms with E-state index in [1.165, 1.54) is 0 Å². The molecule has 2 aliphatic heterocycles. The maximum absolute atomic E-state index is 12.9. The number of likely N-dealkylation sites (tertiary alicyclic amines) is 1. The number of aryl methyl sites for hydroxylation is 1. The zero-order chi connectivity index (χ0) is 19.6. The molecule has 6 nitrogen and oxygen atoms in total. The third-order valence-corrected chi connectivity index (χ3v) is 5.94. The quantitative estimate of drug-likeness (QED) is 0.816. The SMILES string of the molecule is Cc1ccc(C(=O)N2CCCC3(CC(N(C)Cc4ccccn4)CO3)C2)cn1. The minimum Gasteiger partial charge on any atom is -0.371 e. The van der Waals surface area contributed by atoms with Crippen molar-refractivity contribution >= 4 is 5.91 Å². The molecule has 0 bridgehead atoms. The van der Waals surface area contributed by atoms with Gasteiger partial charge < -0.3 is 9.64 Å². The van der Waals surface area contributed by atoms with Gasteiger partial charge in [-0.05, 0) is 57.5 Å². The molecule has 4 heterocycles. The topological polar surface area (TPSA) is 58.6 Å². The van der Waals surface area contributed by atoms with Gasteiger partial charge in [0, 0.05) is 37.2 Å². The first-order valence-corrected chi connectivity index (χ1v) is 10.0. The van der Waals surface area contributed by atoms with Gasteiger partial charge in [-0.1, -0.05) is 6.07 Å². The van der Waals surface area contributed by atoms with Crippen molar-refractivity contribution in [3.63, 3.8) is 0 Å². The van der Waals surface area contributed by atoms with Gasteiger partial charge in [0.05, 0.1) is 30.0 Å². The molecule has 28 heavy (non-hydrogen) atoms. The number of aromatic nitrogens is 2. The number of likely N-dealkylation sites (N-methyl/N-ethyl adjacent to an activating group) is 1. The van der Waals surface area contributed by atoms with Crippen LogP contribution in [0.2, 0.25) is 0 Å². The van der Waals surface area contributed by atoms with Crippen LogP contribution in [-0.4, -0.2) is 64.1 Å². The molecule has 0 aliphatic carbocycles. The predicted molar refractivity (Wildman–Crippen MR) is 107 cm³/mol. The van der Waals surface area contributed by atoms with Gasteiger partial charge in [0.1, 0.15) is 0 Å². The lowest BCUT2D eigenvalue weighted by atomic mass is 9.88. The molecular formula is C22H28N4O2. The van der Waals surface area contributed by atoms with E-state index in [2.05, 4.69) is 28.0 Å². The van der Waals surface area contributed by atoms with E-state index < -0.39 is 0 Å². The lowest BCUT2D eigenvalue weighted by molar-refractivity contribution is -0.0451. The van der Waals surface area contributed by atoms with Crippen LogP contribution >= 0.6 is 0 Å². The standard InChI is InChI=1S/C22H28N4O2/c1-17-7-8-18(13-24-17)21(27)26-11-5-9-22(16-26)12-20(15-28-22)25(2)14-19-6-3-4-10-23-19/h3-4,6-8,10,13,20H,5,9,11-12,14-16H2,1-2H3. The number of rotatable bonds is 4. The fourth-order valence-electron chi connectivity index (χ4n) is 4.31. The Bertz CT molecular complexity index is 811. The highest BCUT2D eigenvalue weighted by atomic mass is 16.5. The van der Waals surface area contributed by atoms with Gasteiger partial charge in [0.15, 0.2) is 0 Å². The van der Waals surface area contributed by atoms with Crippen molar-refractivity contribution in [1.82, 2.24) is 19.8 Å². The Morgan fingerprint density at radius 1 is 1.32 bits per heavy atom. The molecule has 6 heteroatoms. The zero-order valence-electron chi connectivity index (χ0n) is 16.7. The van der Waals surface area contributed by atoms with E-state index in [9.17, 15) is 4.79 Å². The maximum atomic E-state index is 12.9. The normalized spacial score (nSPS) is 24.8. The highest BCUT2D eigenvalue weighted by Crippen LogP contribution is 2.36. The van der Waals surface area contributed by atoms with Gasteiger partial charge in [0.25, 0.3) is 5.91 Å². The van der Waals surface area contributed by atoms with Crippen molar-refractivity contribution in [2.75, 3.05) is 26.7 Å². The van der Waals surface area contributed by atoms with Gasteiger partial charge in [-0.3, -0.25) is 19.7 Å². The Kier molecular flexibility index (Phi) is 5.42. The lowest BCUT2D eigenvalue weighted by Crippen LogP contribution is -2.50. The number of hydrogen-bond acceptors (Lipinski definition) is 5. The molecule has 0 N–H and O–H groups in total. The minimum atomic E-state index is -0.227. The van der Waals surface area contributed by atoms with Crippen molar-refractivity contribution in [2.45, 2.75) is 44.4 Å². The fraction of sp³-hybridized carbons (Fsp3) is 0.500. The van der Waals surface area contributed by atoms with E-state index in [1.807, 2.05) is 42.3 Å². The molecule has 2 aromatic rings. The average molecular weight is 380 g/mol. The summed E-state index contributed by atoms with van der Waals surface area (Å²) in [6, 6.07) is 10.1. The van der Waals surface area contributed by atoms with E-state index in [4.69, 9.17) is 4.74 Å². The van der Waals surface area contributed by atoms with Crippen molar-refractivity contribution in [3.05, 3.63) is 59.7 Å². The largest absolute Gasteiger partial charge is 0.371 e. The van der Waals surface area contributed by atoms with E-state index in [0.717, 1.165) is 43.7 Å². The summed E-state index contributed by atoms with van der Waals surface area (Å²) < 4.78 is 6.32. The summed E-state index contributed by atoms with van der Waals surface area (Å²) in [6.45, 7) is 4.89. The summed E-state index contributed by atoms with van der Waals surface area (Å²) in [7, 11) is 2.13. The number of pyridine rings is 2. The van der Waals surface area contributed by atoms with Crippen LogP contribution in [0.4, 0.5) is 0 Å². The van der Waals surface area contributed by atoms with Crippen LogP contribution in [0.3, 0.4) is 0 Å². The monoisotopic (exact) mass is 380 g/mol. The number of nitrogens with zero attached hydrogens (tertiary/aromatic N) is 4. The van der Waals surface area contributed by atoms with Gasteiger partial charge in [0.2, 0.25) is 0 Å². The first-order valence-electron chi connectivity index (χ1n) is 10.0. The molecule has 148 valence electrons. The van der Waals surface area contributed by atoms with Crippen LogP contribution in [0.1, 0.15) is 41.0 Å². The van der Waals surface area contributed by atoms with Crippen molar-refractivity contribution < 1.29 is 9.53 Å². The van der Waals surface area contributed by atoms with Crippen molar-refractivity contribution in [1.29, 1.82) is 0 Å². The van der Waals surface area contributed by atoms with Crippen LogP contribution in [0.5, 0.6) is 0 Å². The van der Waals surface area contributed by atoms with Gasteiger partial charge in [-0.25, -0.2) is 0 Å². The number of amides is 1. The zero-order valence-corrected chi connectivity index (χ0v) is 16.7. The Morgan fingerprint density at radius 3 is 2.96 bits per heavy atom. The Labute approximate surface area is 166 Å².